The van der Waals surface area contributed by atoms with Crippen LogP contribution < -0.4 is 5.32 Å². The molecule has 0 radical (unpaired) electrons. The first-order valence-corrected chi connectivity index (χ1v) is 12.0. The van der Waals surface area contributed by atoms with E-state index < -0.39 is 6.04 Å². The zero-order chi connectivity index (χ0) is 24.5. The van der Waals surface area contributed by atoms with E-state index in [1.165, 1.54) is 0 Å². The van der Waals surface area contributed by atoms with Crippen molar-refractivity contribution in [3.05, 3.63) is 107 Å². The Hall–Kier alpha value is -3.40. The van der Waals surface area contributed by atoms with Crippen LogP contribution in [-0.2, 0) is 29.0 Å². The zero-order valence-corrected chi connectivity index (χ0v) is 20.8. The van der Waals surface area contributed by atoms with Crippen LogP contribution in [0.15, 0.2) is 78.9 Å². The fourth-order valence-electron chi connectivity index (χ4n) is 3.93. The number of aryl methyl sites for hydroxylation is 2. The Kier molecular flexibility index (Phi) is 9.03. The number of nitrogens with zero attached hydrogens (tertiary/aromatic N) is 1. The number of carbonyl (C=O) groups is 2. The van der Waals surface area contributed by atoms with Gasteiger partial charge in [-0.3, -0.25) is 9.59 Å². The molecule has 0 aromatic heterocycles. The molecule has 0 fully saturated rings. The molecule has 178 valence electrons. The first-order chi connectivity index (χ1) is 16.3. The number of amides is 2. The molecule has 34 heavy (non-hydrogen) atoms. The van der Waals surface area contributed by atoms with Crippen LogP contribution in [0.1, 0.15) is 41.7 Å². The van der Waals surface area contributed by atoms with Crippen LogP contribution >= 0.6 is 0 Å². The second kappa shape index (κ2) is 12.2. The summed E-state index contributed by atoms with van der Waals surface area (Å²) < 4.78 is 0. The van der Waals surface area contributed by atoms with Crippen LogP contribution in [0.25, 0.3) is 0 Å². The van der Waals surface area contributed by atoms with Gasteiger partial charge in [-0.1, -0.05) is 98.3 Å². The van der Waals surface area contributed by atoms with Gasteiger partial charge in [-0.25, -0.2) is 0 Å². The maximum Gasteiger partial charge on any atom is 0.243 e. The quantitative estimate of drug-likeness (QED) is 0.452. The monoisotopic (exact) mass is 456 g/mol. The first kappa shape index (κ1) is 25.2. The smallest absolute Gasteiger partial charge is 0.243 e. The molecule has 3 aromatic carbocycles. The lowest BCUT2D eigenvalue weighted by Crippen LogP contribution is -2.51. The third-order valence-corrected chi connectivity index (χ3v) is 6.03. The molecule has 0 aliphatic heterocycles. The third-order valence-electron chi connectivity index (χ3n) is 6.03. The average Bonchev–Trinajstić information content (AvgIpc) is 2.83. The molecule has 0 heterocycles. The van der Waals surface area contributed by atoms with Gasteiger partial charge in [0, 0.05) is 19.5 Å². The van der Waals surface area contributed by atoms with Crippen molar-refractivity contribution >= 4 is 11.8 Å². The van der Waals surface area contributed by atoms with E-state index in [2.05, 4.69) is 19.2 Å². The summed E-state index contributed by atoms with van der Waals surface area (Å²) >= 11 is 0. The molecule has 1 N–H and O–H groups in total. The molecule has 0 saturated heterocycles. The molecule has 2 amide bonds. The molecule has 0 unspecified atom stereocenters. The van der Waals surface area contributed by atoms with Crippen molar-refractivity contribution in [2.45, 2.75) is 53.1 Å². The van der Waals surface area contributed by atoms with Gasteiger partial charge in [0.25, 0.3) is 0 Å². The standard InChI is InChI=1S/C30H36N2O2/c1-22(2)20-31-30(34)28(18-25-11-6-5-7-12-25)32(21-27-13-9-8-10-24(27)4)29(33)19-26-16-14-23(3)15-17-26/h5-17,22,28H,18-21H2,1-4H3,(H,31,34)/t28-/m0/s1. The van der Waals surface area contributed by atoms with Crippen LogP contribution in [0.3, 0.4) is 0 Å². The van der Waals surface area contributed by atoms with Crippen molar-refractivity contribution in [3.63, 3.8) is 0 Å². The second-order valence-electron chi connectivity index (χ2n) is 9.46. The van der Waals surface area contributed by atoms with Gasteiger partial charge >= 0.3 is 0 Å². The minimum Gasteiger partial charge on any atom is -0.354 e. The molecule has 0 aliphatic carbocycles. The lowest BCUT2D eigenvalue weighted by molar-refractivity contribution is -0.140. The Balaban J connectivity index is 1.96. The highest BCUT2D eigenvalue weighted by atomic mass is 16.2. The minimum absolute atomic E-state index is 0.0484. The van der Waals surface area contributed by atoms with Crippen LogP contribution in [0.4, 0.5) is 0 Å². The van der Waals surface area contributed by atoms with Gasteiger partial charge in [0.05, 0.1) is 6.42 Å². The number of hydrogen-bond donors (Lipinski definition) is 1. The predicted octanol–water partition coefficient (Wildman–Crippen LogP) is 5.26. The van der Waals surface area contributed by atoms with E-state index in [1.807, 2.05) is 92.7 Å². The Bertz CT molecular complexity index is 1070. The van der Waals surface area contributed by atoms with Crippen LogP contribution in [0.5, 0.6) is 0 Å². The van der Waals surface area contributed by atoms with Crippen molar-refractivity contribution in [2.75, 3.05) is 6.54 Å². The lowest BCUT2D eigenvalue weighted by atomic mass is 10.00. The molecule has 3 rings (SSSR count). The topological polar surface area (TPSA) is 49.4 Å². The first-order valence-electron chi connectivity index (χ1n) is 12.0. The molecular formula is C30H36N2O2. The number of rotatable bonds is 10. The maximum atomic E-state index is 13.7. The summed E-state index contributed by atoms with van der Waals surface area (Å²) in [6.45, 7) is 9.19. The predicted molar refractivity (Wildman–Crippen MR) is 138 cm³/mol. The second-order valence-corrected chi connectivity index (χ2v) is 9.46. The molecule has 4 nitrogen and oxygen atoms in total. The number of hydrogen-bond acceptors (Lipinski definition) is 2. The fraction of sp³-hybridized carbons (Fsp3) is 0.333. The van der Waals surface area contributed by atoms with Gasteiger partial charge in [0.2, 0.25) is 11.8 Å². The van der Waals surface area contributed by atoms with E-state index in [9.17, 15) is 9.59 Å². The van der Waals surface area contributed by atoms with Crippen LogP contribution in [0.2, 0.25) is 0 Å². The highest BCUT2D eigenvalue weighted by molar-refractivity contribution is 5.88. The molecule has 0 bridgehead atoms. The maximum absolute atomic E-state index is 13.7. The molecule has 4 heteroatoms. The van der Waals surface area contributed by atoms with E-state index in [0.29, 0.717) is 25.4 Å². The van der Waals surface area contributed by atoms with Gasteiger partial charge in [-0.2, -0.15) is 0 Å². The van der Waals surface area contributed by atoms with E-state index >= 15 is 0 Å². The van der Waals surface area contributed by atoms with Gasteiger partial charge in [-0.15, -0.1) is 0 Å². The zero-order valence-electron chi connectivity index (χ0n) is 20.8. The van der Waals surface area contributed by atoms with Gasteiger partial charge in [-0.05, 0) is 42.0 Å². The summed E-state index contributed by atoms with van der Waals surface area (Å²) in [5.41, 5.74) is 5.30. The summed E-state index contributed by atoms with van der Waals surface area (Å²) in [5.74, 6) is 0.172. The molecular weight excluding hydrogens is 420 g/mol. The highest BCUT2D eigenvalue weighted by Gasteiger charge is 2.30. The lowest BCUT2D eigenvalue weighted by Gasteiger charge is -2.32. The molecule has 1 atom stereocenters. The van der Waals surface area contributed by atoms with Crippen LogP contribution in [-0.4, -0.2) is 29.3 Å². The van der Waals surface area contributed by atoms with Crippen molar-refractivity contribution in [1.29, 1.82) is 0 Å². The molecule has 0 spiro atoms. The Morgan fingerprint density at radius 1 is 0.824 bits per heavy atom. The Morgan fingerprint density at radius 2 is 1.47 bits per heavy atom. The van der Waals surface area contributed by atoms with Crippen molar-refractivity contribution in [3.8, 4) is 0 Å². The van der Waals surface area contributed by atoms with E-state index in [-0.39, 0.29) is 18.2 Å². The number of carbonyl (C=O) groups excluding carboxylic acids is 2. The Labute approximate surface area is 204 Å². The van der Waals surface area contributed by atoms with Crippen molar-refractivity contribution in [2.24, 2.45) is 5.92 Å². The summed E-state index contributed by atoms with van der Waals surface area (Å²) in [5, 5.41) is 3.08. The number of nitrogens with one attached hydrogen (secondary N) is 1. The fourth-order valence-corrected chi connectivity index (χ4v) is 3.93. The third kappa shape index (κ3) is 7.31. The molecule has 0 aliphatic rings. The molecule has 3 aromatic rings. The van der Waals surface area contributed by atoms with E-state index in [1.54, 1.807) is 4.90 Å². The van der Waals surface area contributed by atoms with E-state index in [4.69, 9.17) is 0 Å². The average molecular weight is 457 g/mol. The largest absolute Gasteiger partial charge is 0.354 e. The van der Waals surface area contributed by atoms with Crippen LogP contribution in [0, 0.1) is 19.8 Å². The number of benzene rings is 3. The van der Waals surface area contributed by atoms with Gasteiger partial charge < -0.3 is 10.2 Å². The Morgan fingerprint density at radius 3 is 2.12 bits per heavy atom. The normalized spacial score (nSPS) is 11.8. The highest BCUT2D eigenvalue weighted by Crippen LogP contribution is 2.19. The SMILES string of the molecule is Cc1ccc(CC(=O)N(Cc2ccccc2C)[C@@H](Cc2ccccc2)C(=O)NCC(C)C)cc1. The van der Waals surface area contributed by atoms with Gasteiger partial charge in [0.1, 0.15) is 6.04 Å². The molecule has 0 saturated carbocycles. The van der Waals surface area contributed by atoms with Crippen molar-refractivity contribution in [1.82, 2.24) is 10.2 Å². The van der Waals surface area contributed by atoms with Crippen molar-refractivity contribution < 1.29 is 9.59 Å². The minimum atomic E-state index is -0.598. The van der Waals surface area contributed by atoms with E-state index in [0.717, 1.165) is 27.8 Å². The summed E-state index contributed by atoms with van der Waals surface area (Å²) in [7, 11) is 0. The summed E-state index contributed by atoms with van der Waals surface area (Å²) in [6, 6.07) is 25.4. The summed E-state index contributed by atoms with van der Waals surface area (Å²) in [6.07, 6.45) is 0.727. The van der Waals surface area contributed by atoms with Gasteiger partial charge in [0.15, 0.2) is 0 Å². The summed E-state index contributed by atoms with van der Waals surface area (Å²) in [4.78, 5) is 29.0.